The lowest BCUT2D eigenvalue weighted by molar-refractivity contribution is -0.132. The van der Waals surface area contributed by atoms with E-state index in [4.69, 9.17) is 10.5 Å². The molecule has 0 amide bonds. The first kappa shape index (κ1) is 14.9. The maximum atomic E-state index is 12.2. The first-order valence-corrected chi connectivity index (χ1v) is 6.17. The van der Waals surface area contributed by atoms with E-state index < -0.39 is 12.6 Å². The van der Waals surface area contributed by atoms with Crippen LogP contribution in [0.4, 0.5) is 24.0 Å². The van der Waals surface area contributed by atoms with E-state index in [1.54, 1.807) is 7.05 Å². The summed E-state index contributed by atoms with van der Waals surface area (Å²) in [5.74, 6) is 0.572. The third kappa shape index (κ3) is 4.25. The van der Waals surface area contributed by atoms with E-state index in [2.05, 4.69) is 4.37 Å². The monoisotopic (exact) mass is 283 g/mol. The number of rotatable bonds is 5. The Balaban J connectivity index is 2.76. The van der Waals surface area contributed by atoms with Crippen LogP contribution in [0, 0.1) is 0 Å². The maximum absolute atomic E-state index is 12.2. The number of ether oxygens (including phenoxy) is 1. The predicted octanol–water partition coefficient (Wildman–Crippen LogP) is 2.90. The van der Waals surface area contributed by atoms with Crippen LogP contribution in [0.3, 0.4) is 0 Å². The number of alkyl halides is 3. The second-order valence-corrected chi connectivity index (χ2v) is 4.91. The van der Waals surface area contributed by atoms with Gasteiger partial charge in [0.25, 0.3) is 0 Å². The summed E-state index contributed by atoms with van der Waals surface area (Å²) >= 11 is 1.04. The minimum atomic E-state index is -4.18. The molecule has 0 unspecified atom stereocenters. The second-order valence-electron chi connectivity index (χ2n) is 4.16. The fourth-order valence-corrected chi connectivity index (χ4v) is 2.00. The molecule has 1 heterocycles. The Labute approximate surface area is 108 Å². The molecule has 2 N–H and O–H groups in total. The van der Waals surface area contributed by atoms with E-state index >= 15 is 0 Å². The van der Waals surface area contributed by atoms with E-state index in [-0.39, 0.29) is 18.5 Å². The molecule has 0 spiro atoms. The summed E-state index contributed by atoms with van der Waals surface area (Å²) in [6, 6.07) is 0. The summed E-state index contributed by atoms with van der Waals surface area (Å²) in [5, 5.41) is 0.519. The van der Waals surface area contributed by atoms with Crippen molar-refractivity contribution in [3.8, 4) is 5.75 Å². The van der Waals surface area contributed by atoms with Gasteiger partial charge in [-0.15, -0.1) is 0 Å². The zero-order valence-electron chi connectivity index (χ0n) is 10.4. The fraction of sp³-hybridized carbons (Fsp3) is 0.700. The Morgan fingerprint density at radius 3 is 2.56 bits per heavy atom. The van der Waals surface area contributed by atoms with Gasteiger partial charge in [0.2, 0.25) is 0 Å². The highest BCUT2D eigenvalue weighted by Crippen LogP contribution is 2.38. The van der Waals surface area contributed by atoms with Crippen molar-refractivity contribution in [3.63, 3.8) is 0 Å². The molecular weight excluding hydrogens is 267 g/mol. The van der Waals surface area contributed by atoms with Crippen LogP contribution in [0.1, 0.15) is 20.3 Å². The minimum Gasteiger partial charge on any atom is -0.484 e. The maximum Gasteiger partial charge on any atom is 0.390 e. The lowest BCUT2D eigenvalue weighted by Gasteiger charge is -2.20. The lowest BCUT2D eigenvalue weighted by atomic mass is 10.4. The quantitative estimate of drug-likeness (QED) is 0.902. The van der Waals surface area contributed by atoms with Gasteiger partial charge >= 0.3 is 6.18 Å². The highest BCUT2D eigenvalue weighted by molar-refractivity contribution is 7.11. The first-order valence-electron chi connectivity index (χ1n) is 5.40. The number of anilines is 2. The SMILES string of the molecule is CC(C)Oc1c(N)nsc1N(C)CCC(F)(F)F. The molecule has 104 valence electrons. The van der Waals surface area contributed by atoms with Gasteiger partial charge in [0.15, 0.2) is 16.6 Å². The van der Waals surface area contributed by atoms with Gasteiger partial charge in [0.05, 0.1) is 12.5 Å². The molecule has 8 heteroatoms. The highest BCUT2D eigenvalue weighted by atomic mass is 32.1. The molecule has 1 rings (SSSR count). The molecule has 1 aromatic heterocycles. The molecule has 0 aliphatic heterocycles. The molecule has 1 aromatic rings. The van der Waals surface area contributed by atoms with Gasteiger partial charge in [-0.1, -0.05) is 0 Å². The number of nitrogen functional groups attached to an aromatic ring is 1. The van der Waals surface area contributed by atoms with Crippen molar-refractivity contribution in [2.45, 2.75) is 32.5 Å². The number of hydrogen-bond donors (Lipinski definition) is 1. The van der Waals surface area contributed by atoms with E-state index in [1.807, 2.05) is 13.8 Å². The van der Waals surface area contributed by atoms with Crippen LogP contribution in [-0.2, 0) is 0 Å². The predicted molar refractivity (Wildman–Crippen MR) is 66.2 cm³/mol. The van der Waals surface area contributed by atoms with Crippen LogP contribution in [0.2, 0.25) is 0 Å². The largest absolute Gasteiger partial charge is 0.484 e. The number of aromatic nitrogens is 1. The van der Waals surface area contributed by atoms with Crippen molar-refractivity contribution in [2.75, 3.05) is 24.2 Å². The Morgan fingerprint density at radius 2 is 2.06 bits per heavy atom. The van der Waals surface area contributed by atoms with Crippen molar-refractivity contribution < 1.29 is 17.9 Å². The van der Waals surface area contributed by atoms with Gasteiger partial charge in [0.1, 0.15) is 0 Å². The van der Waals surface area contributed by atoms with Gasteiger partial charge in [0, 0.05) is 13.6 Å². The second kappa shape index (κ2) is 5.64. The molecule has 18 heavy (non-hydrogen) atoms. The van der Waals surface area contributed by atoms with Gasteiger partial charge in [-0.3, -0.25) is 0 Å². The lowest BCUT2D eigenvalue weighted by Crippen LogP contribution is -2.24. The molecule has 0 aliphatic carbocycles. The van der Waals surface area contributed by atoms with Gasteiger partial charge in [-0.2, -0.15) is 17.5 Å². The van der Waals surface area contributed by atoms with E-state index in [0.717, 1.165) is 11.5 Å². The zero-order valence-corrected chi connectivity index (χ0v) is 11.2. The Hall–Kier alpha value is -1.18. The molecule has 0 atom stereocenters. The molecule has 0 fully saturated rings. The average Bonchev–Trinajstić information content (AvgIpc) is 2.55. The molecular formula is C10H16F3N3OS. The molecule has 0 bridgehead atoms. The average molecular weight is 283 g/mol. The van der Waals surface area contributed by atoms with Crippen molar-refractivity contribution in [1.82, 2.24) is 4.37 Å². The number of nitrogens with two attached hydrogens (primary N) is 1. The highest BCUT2D eigenvalue weighted by Gasteiger charge is 2.28. The third-order valence-corrected chi connectivity index (χ3v) is 3.05. The number of halogens is 3. The molecule has 0 saturated carbocycles. The number of nitrogens with zero attached hydrogens (tertiary/aromatic N) is 2. The van der Waals surface area contributed by atoms with E-state index in [1.165, 1.54) is 4.90 Å². The Bertz CT molecular complexity index is 392. The van der Waals surface area contributed by atoms with Crippen molar-refractivity contribution in [1.29, 1.82) is 0 Å². The Morgan fingerprint density at radius 1 is 1.44 bits per heavy atom. The topological polar surface area (TPSA) is 51.4 Å². The summed E-state index contributed by atoms with van der Waals surface area (Å²) in [5.41, 5.74) is 5.63. The summed E-state index contributed by atoms with van der Waals surface area (Å²) in [6.07, 6.45) is -5.18. The molecule has 0 saturated heterocycles. The first-order chi connectivity index (χ1) is 8.20. The summed E-state index contributed by atoms with van der Waals surface area (Å²) in [6.45, 7) is 3.48. The minimum absolute atomic E-state index is 0.113. The van der Waals surface area contributed by atoms with Crippen LogP contribution in [0.25, 0.3) is 0 Å². The zero-order chi connectivity index (χ0) is 13.9. The smallest absolute Gasteiger partial charge is 0.390 e. The summed E-state index contributed by atoms with van der Waals surface area (Å²) in [4.78, 5) is 1.46. The molecule has 0 aliphatic rings. The summed E-state index contributed by atoms with van der Waals surface area (Å²) < 4.78 is 45.8. The van der Waals surface area contributed by atoms with Crippen LogP contribution in [0.15, 0.2) is 0 Å². The van der Waals surface area contributed by atoms with Gasteiger partial charge < -0.3 is 15.4 Å². The normalized spacial score (nSPS) is 11.9. The van der Waals surface area contributed by atoms with Crippen LogP contribution in [-0.4, -0.2) is 30.2 Å². The molecule has 0 aromatic carbocycles. The Kier molecular flexibility index (Phi) is 4.66. The molecule has 4 nitrogen and oxygen atoms in total. The van der Waals surface area contributed by atoms with Crippen LogP contribution < -0.4 is 15.4 Å². The van der Waals surface area contributed by atoms with Crippen LogP contribution >= 0.6 is 11.5 Å². The third-order valence-electron chi connectivity index (χ3n) is 2.09. The van der Waals surface area contributed by atoms with Crippen LogP contribution in [0.5, 0.6) is 5.75 Å². The summed E-state index contributed by atoms with van der Waals surface area (Å²) in [7, 11) is 1.56. The standard InChI is InChI=1S/C10H16F3N3OS/c1-6(2)17-7-8(14)15-18-9(7)16(3)5-4-10(11,12)13/h6H,4-5H2,1-3H3,(H2,14,15). The fourth-order valence-electron chi connectivity index (χ4n) is 1.27. The van der Waals surface area contributed by atoms with Crippen molar-refractivity contribution in [2.24, 2.45) is 0 Å². The van der Waals surface area contributed by atoms with Gasteiger partial charge in [-0.25, -0.2) is 0 Å². The van der Waals surface area contributed by atoms with Gasteiger partial charge in [-0.05, 0) is 25.4 Å². The number of hydrogen-bond acceptors (Lipinski definition) is 5. The molecule has 0 radical (unpaired) electrons. The van der Waals surface area contributed by atoms with Crippen molar-refractivity contribution in [3.05, 3.63) is 0 Å². The van der Waals surface area contributed by atoms with E-state index in [0.29, 0.717) is 10.8 Å². The van der Waals surface area contributed by atoms with E-state index in [9.17, 15) is 13.2 Å². The van der Waals surface area contributed by atoms with Crippen molar-refractivity contribution >= 4 is 22.4 Å².